The third kappa shape index (κ3) is 3.79. The highest BCUT2D eigenvalue weighted by molar-refractivity contribution is 6.14. The molecule has 3 aromatic rings. The van der Waals surface area contributed by atoms with Gasteiger partial charge in [-0.05, 0) is 42.3 Å². The van der Waals surface area contributed by atoms with Crippen molar-refractivity contribution in [3.63, 3.8) is 0 Å². The van der Waals surface area contributed by atoms with Crippen molar-refractivity contribution in [1.82, 2.24) is 0 Å². The predicted octanol–water partition coefficient (Wildman–Crippen LogP) is 4.84. The first-order valence-corrected chi connectivity index (χ1v) is 10.0. The van der Waals surface area contributed by atoms with Crippen molar-refractivity contribution in [3.8, 4) is 5.75 Å². The van der Waals surface area contributed by atoms with Crippen LogP contribution < -0.4 is 9.75 Å². The van der Waals surface area contributed by atoms with Gasteiger partial charge in [0.15, 0.2) is 0 Å². The van der Waals surface area contributed by atoms with Crippen LogP contribution in [0.1, 0.15) is 24.1 Å². The summed E-state index contributed by atoms with van der Waals surface area (Å²) in [6, 6.07) is 27.1. The second-order valence-electron chi connectivity index (χ2n) is 6.98. The van der Waals surface area contributed by atoms with Crippen LogP contribution in [0.3, 0.4) is 0 Å². The molecule has 0 saturated carbocycles. The van der Waals surface area contributed by atoms with Gasteiger partial charge in [-0.2, -0.15) is 5.10 Å². The number of para-hydroxylation sites is 1. The third-order valence-electron chi connectivity index (χ3n) is 5.18. The second-order valence-corrected chi connectivity index (χ2v) is 6.98. The molecule has 30 heavy (non-hydrogen) atoms. The van der Waals surface area contributed by atoms with E-state index in [1.54, 1.807) is 7.11 Å². The Bertz CT molecular complexity index is 1020. The van der Waals surface area contributed by atoms with Crippen LogP contribution in [0.25, 0.3) is 0 Å². The van der Waals surface area contributed by atoms with Gasteiger partial charge in [0.25, 0.3) is 0 Å². The van der Waals surface area contributed by atoms with E-state index in [-0.39, 0.29) is 12.0 Å². The molecule has 0 amide bonds. The summed E-state index contributed by atoms with van der Waals surface area (Å²) in [6.07, 6.45) is 0. The van der Waals surface area contributed by atoms with Gasteiger partial charge >= 0.3 is 5.97 Å². The summed E-state index contributed by atoms with van der Waals surface area (Å²) in [7, 11) is 1.64. The molecule has 1 aliphatic rings. The highest BCUT2D eigenvalue weighted by atomic mass is 16.5. The molecule has 3 aromatic carbocycles. The molecule has 2 atom stereocenters. The molecular weight excluding hydrogens is 376 g/mol. The van der Waals surface area contributed by atoms with Crippen molar-refractivity contribution in [2.24, 2.45) is 11.0 Å². The molecule has 0 fully saturated rings. The summed E-state index contributed by atoms with van der Waals surface area (Å²) < 4.78 is 10.8. The first kappa shape index (κ1) is 19.7. The lowest BCUT2D eigenvalue weighted by atomic mass is 9.87. The Kier molecular flexibility index (Phi) is 5.80. The zero-order valence-corrected chi connectivity index (χ0v) is 17.1. The number of hydrogen-bond acceptors (Lipinski definition) is 5. The number of carbonyl (C=O) groups excluding carboxylic acids is 1. The molecular formula is C25H24N2O3. The van der Waals surface area contributed by atoms with Gasteiger partial charge in [-0.1, -0.05) is 60.7 Å². The van der Waals surface area contributed by atoms with Crippen LogP contribution in [-0.4, -0.2) is 25.4 Å². The van der Waals surface area contributed by atoms with Crippen LogP contribution in [-0.2, 0) is 9.53 Å². The lowest BCUT2D eigenvalue weighted by Crippen LogP contribution is -2.33. The maximum absolute atomic E-state index is 13.2. The molecule has 0 spiro atoms. The average Bonchev–Trinajstić information content (AvgIpc) is 3.21. The fourth-order valence-corrected chi connectivity index (χ4v) is 3.78. The Morgan fingerprint density at radius 1 is 0.933 bits per heavy atom. The van der Waals surface area contributed by atoms with Gasteiger partial charge in [0.1, 0.15) is 11.7 Å². The minimum atomic E-state index is -0.555. The second kappa shape index (κ2) is 8.82. The first-order chi connectivity index (χ1) is 14.7. The highest BCUT2D eigenvalue weighted by Crippen LogP contribution is 2.41. The number of benzene rings is 3. The van der Waals surface area contributed by atoms with Crippen LogP contribution in [0.5, 0.6) is 5.75 Å². The van der Waals surface area contributed by atoms with Crippen LogP contribution >= 0.6 is 0 Å². The average molecular weight is 400 g/mol. The van der Waals surface area contributed by atoms with Crippen LogP contribution in [0, 0.1) is 5.92 Å². The first-order valence-electron chi connectivity index (χ1n) is 10.0. The lowest BCUT2D eigenvalue weighted by Gasteiger charge is -2.27. The number of carbonyl (C=O) groups is 1. The standard InChI is InChI=1S/C25H24N2O3/c1-3-30-25(28)22-23(18-10-6-4-7-11-18)26-27(20-12-8-5-9-13-20)24(22)19-14-16-21(29-2)17-15-19/h4-17,22,24H,3H2,1-2H3/t22-,24+/m1/s1. The van der Waals surface area contributed by atoms with Crippen molar-refractivity contribution in [2.75, 3.05) is 18.7 Å². The van der Waals surface area contributed by atoms with Gasteiger partial charge in [-0.15, -0.1) is 0 Å². The molecule has 0 bridgehead atoms. The number of hydrazone groups is 1. The molecule has 0 radical (unpaired) electrons. The van der Waals surface area contributed by atoms with Crippen molar-refractivity contribution in [2.45, 2.75) is 13.0 Å². The highest BCUT2D eigenvalue weighted by Gasteiger charge is 2.45. The molecule has 4 rings (SSSR count). The van der Waals surface area contributed by atoms with E-state index < -0.39 is 5.92 Å². The summed E-state index contributed by atoms with van der Waals surface area (Å²) in [5, 5.41) is 6.85. The summed E-state index contributed by atoms with van der Waals surface area (Å²) in [6.45, 7) is 2.14. The molecule has 0 N–H and O–H groups in total. The molecule has 0 aliphatic carbocycles. The van der Waals surface area contributed by atoms with Gasteiger partial charge < -0.3 is 9.47 Å². The van der Waals surface area contributed by atoms with Crippen LogP contribution in [0.2, 0.25) is 0 Å². The molecule has 0 unspecified atom stereocenters. The van der Waals surface area contributed by atoms with E-state index in [2.05, 4.69) is 0 Å². The van der Waals surface area contributed by atoms with Crippen molar-refractivity contribution in [3.05, 3.63) is 96.1 Å². The molecule has 5 heteroatoms. The van der Waals surface area contributed by atoms with Gasteiger partial charge in [-0.3, -0.25) is 9.80 Å². The minimum Gasteiger partial charge on any atom is -0.497 e. The smallest absolute Gasteiger partial charge is 0.317 e. The van der Waals surface area contributed by atoms with E-state index in [0.29, 0.717) is 12.3 Å². The van der Waals surface area contributed by atoms with E-state index in [1.807, 2.05) is 96.9 Å². The quantitative estimate of drug-likeness (QED) is 0.556. The van der Waals surface area contributed by atoms with Crippen molar-refractivity contribution in [1.29, 1.82) is 0 Å². The number of methoxy groups -OCH3 is 1. The zero-order valence-electron chi connectivity index (χ0n) is 17.1. The van der Waals surface area contributed by atoms with Crippen LogP contribution in [0.15, 0.2) is 90.0 Å². The molecule has 152 valence electrons. The lowest BCUT2D eigenvalue weighted by molar-refractivity contribution is -0.146. The van der Waals surface area contributed by atoms with E-state index in [9.17, 15) is 4.79 Å². The monoisotopic (exact) mass is 400 g/mol. The minimum absolute atomic E-state index is 0.278. The van der Waals surface area contributed by atoms with Gasteiger partial charge in [0.05, 0.1) is 31.2 Å². The number of nitrogens with zero attached hydrogens (tertiary/aromatic N) is 2. The Balaban J connectivity index is 1.86. The van der Waals surface area contributed by atoms with Crippen molar-refractivity contribution < 1.29 is 14.3 Å². The Labute approximate surface area is 176 Å². The topological polar surface area (TPSA) is 51.1 Å². The summed E-state index contributed by atoms with van der Waals surface area (Å²) in [4.78, 5) is 13.2. The summed E-state index contributed by atoms with van der Waals surface area (Å²) in [5.41, 5.74) is 3.50. The summed E-state index contributed by atoms with van der Waals surface area (Å²) in [5.74, 6) is -0.0693. The normalized spacial score (nSPS) is 18.1. The third-order valence-corrected chi connectivity index (χ3v) is 5.18. The van der Waals surface area contributed by atoms with E-state index in [4.69, 9.17) is 14.6 Å². The van der Waals surface area contributed by atoms with Gasteiger partial charge in [0, 0.05) is 0 Å². The number of esters is 1. The van der Waals surface area contributed by atoms with Crippen molar-refractivity contribution >= 4 is 17.4 Å². The molecule has 0 aromatic heterocycles. The van der Waals surface area contributed by atoms with Gasteiger partial charge in [-0.25, -0.2) is 0 Å². The summed E-state index contributed by atoms with van der Waals surface area (Å²) >= 11 is 0. The number of anilines is 1. The molecule has 1 heterocycles. The Hall–Kier alpha value is -3.60. The maximum Gasteiger partial charge on any atom is 0.317 e. The SMILES string of the molecule is CCOC(=O)[C@@H]1C(c2ccccc2)=NN(c2ccccc2)[C@H]1c1ccc(OC)cc1. The van der Waals surface area contributed by atoms with E-state index in [0.717, 1.165) is 22.6 Å². The predicted molar refractivity (Wildman–Crippen MR) is 118 cm³/mol. The zero-order chi connectivity index (χ0) is 20.9. The largest absolute Gasteiger partial charge is 0.497 e. The Morgan fingerprint density at radius 3 is 2.17 bits per heavy atom. The fraction of sp³-hybridized carbons (Fsp3) is 0.200. The number of rotatable bonds is 6. The molecule has 0 saturated heterocycles. The Morgan fingerprint density at radius 2 is 1.57 bits per heavy atom. The number of hydrogen-bond donors (Lipinski definition) is 0. The van der Waals surface area contributed by atoms with Gasteiger partial charge in [0.2, 0.25) is 0 Å². The van der Waals surface area contributed by atoms with E-state index in [1.165, 1.54) is 0 Å². The van der Waals surface area contributed by atoms with Crippen LogP contribution in [0.4, 0.5) is 5.69 Å². The fourth-order valence-electron chi connectivity index (χ4n) is 3.78. The molecule has 5 nitrogen and oxygen atoms in total. The maximum atomic E-state index is 13.2. The number of ether oxygens (including phenoxy) is 2. The van der Waals surface area contributed by atoms with E-state index >= 15 is 0 Å². The molecule has 1 aliphatic heterocycles.